The summed E-state index contributed by atoms with van der Waals surface area (Å²) in [4.78, 5) is 0. The molecule has 0 aliphatic heterocycles. The highest BCUT2D eigenvalue weighted by molar-refractivity contribution is 4.90. The average Bonchev–Trinajstić information content (AvgIpc) is 3.65. The second-order valence-corrected chi connectivity index (χ2v) is 20.4. The van der Waals surface area contributed by atoms with Gasteiger partial charge in [-0.05, 0) is 115 Å². The Morgan fingerprint density at radius 3 is 1.21 bits per heavy atom. The van der Waals surface area contributed by atoms with Gasteiger partial charge in [0.2, 0.25) is 0 Å². The van der Waals surface area contributed by atoms with Gasteiger partial charge >= 0.3 is 0 Å². The quantitative estimate of drug-likeness (QED) is 0.282. The summed E-state index contributed by atoms with van der Waals surface area (Å²) < 4.78 is 0. The monoisotopic (exact) mass is 657 g/mol. The van der Waals surface area contributed by atoms with Gasteiger partial charge in [0.05, 0.1) is 0 Å². The summed E-state index contributed by atoms with van der Waals surface area (Å²) in [5, 5.41) is 0. The van der Waals surface area contributed by atoms with E-state index in [4.69, 9.17) is 0 Å². The molecule has 280 valence electrons. The van der Waals surface area contributed by atoms with E-state index in [1.165, 1.54) is 116 Å². The van der Waals surface area contributed by atoms with Crippen LogP contribution in [0.25, 0.3) is 0 Å². The van der Waals surface area contributed by atoms with Crippen molar-refractivity contribution in [1.29, 1.82) is 0 Å². The van der Waals surface area contributed by atoms with E-state index < -0.39 is 0 Å². The zero-order valence-electron chi connectivity index (χ0n) is 35.0. The number of rotatable bonds is 4. The molecule has 0 N–H and O–H groups in total. The lowest BCUT2D eigenvalue weighted by Crippen LogP contribution is -2.34. The van der Waals surface area contributed by atoms with E-state index in [1.54, 1.807) is 32.1 Å². The third-order valence-corrected chi connectivity index (χ3v) is 14.2. The summed E-state index contributed by atoms with van der Waals surface area (Å²) >= 11 is 0. The van der Waals surface area contributed by atoms with Crippen LogP contribution in [0.3, 0.4) is 0 Å². The van der Waals surface area contributed by atoms with Crippen LogP contribution >= 0.6 is 0 Å². The van der Waals surface area contributed by atoms with Gasteiger partial charge in [-0.2, -0.15) is 0 Å². The van der Waals surface area contributed by atoms with Gasteiger partial charge in [-0.15, -0.1) is 0 Å². The van der Waals surface area contributed by atoms with E-state index in [9.17, 15) is 0 Å². The molecular weight excluding hydrogens is 565 g/mol. The highest BCUT2D eigenvalue weighted by atomic mass is 14.4. The molecule has 6 rings (SSSR count). The number of hydrogen-bond acceptors (Lipinski definition) is 0. The van der Waals surface area contributed by atoms with Crippen molar-refractivity contribution < 1.29 is 0 Å². The zero-order valence-corrected chi connectivity index (χ0v) is 35.0. The van der Waals surface area contributed by atoms with E-state index in [-0.39, 0.29) is 0 Å². The predicted octanol–water partition coefficient (Wildman–Crippen LogP) is 16.4. The molecule has 0 heteroatoms. The van der Waals surface area contributed by atoms with E-state index >= 15 is 0 Å². The molecule has 5 atom stereocenters. The van der Waals surface area contributed by atoms with Crippen molar-refractivity contribution >= 4 is 0 Å². The van der Waals surface area contributed by atoms with Crippen LogP contribution in [0.4, 0.5) is 0 Å². The summed E-state index contributed by atoms with van der Waals surface area (Å²) in [5.74, 6) is 10.6. The third-order valence-electron chi connectivity index (χ3n) is 14.2. The minimum Gasteiger partial charge on any atom is -0.0656 e. The van der Waals surface area contributed by atoms with Crippen molar-refractivity contribution in [2.24, 2.45) is 70.0 Å². The molecule has 2 bridgehead atoms. The van der Waals surface area contributed by atoms with Crippen LogP contribution in [0.15, 0.2) is 0 Å². The van der Waals surface area contributed by atoms with E-state index in [2.05, 4.69) is 83.1 Å². The van der Waals surface area contributed by atoms with Crippen LogP contribution < -0.4 is 0 Å². The molecule has 0 saturated heterocycles. The fraction of sp³-hybridized carbons (Fsp3) is 1.00. The Morgan fingerprint density at radius 2 is 0.915 bits per heavy atom. The van der Waals surface area contributed by atoms with Gasteiger partial charge in [-0.25, -0.2) is 0 Å². The Morgan fingerprint density at radius 1 is 0.489 bits per heavy atom. The molecule has 0 aromatic rings. The first kappa shape index (κ1) is 43.2. The summed E-state index contributed by atoms with van der Waals surface area (Å²) in [6.07, 6.45) is 34.2. The normalized spacial score (nSPS) is 40.6. The van der Waals surface area contributed by atoms with Crippen LogP contribution in [0.5, 0.6) is 0 Å². The molecule has 0 amide bonds. The van der Waals surface area contributed by atoms with Crippen LogP contribution in [0.2, 0.25) is 0 Å². The highest BCUT2D eigenvalue weighted by Crippen LogP contribution is 2.50. The smallest absolute Gasteiger partial charge is 0.0321 e. The second kappa shape index (κ2) is 22.0. The van der Waals surface area contributed by atoms with Gasteiger partial charge in [0.25, 0.3) is 0 Å². The first-order chi connectivity index (χ1) is 22.2. The third kappa shape index (κ3) is 17.2. The maximum absolute atomic E-state index is 2.46. The Balaban J connectivity index is 0.000000217. The van der Waals surface area contributed by atoms with E-state index in [0.717, 1.165) is 59.2 Å². The Hall–Kier alpha value is 0. The molecule has 0 radical (unpaired) electrons. The molecule has 0 heterocycles. The minimum atomic E-state index is 0.586. The first-order valence-electron chi connectivity index (χ1n) is 22.2. The topological polar surface area (TPSA) is 0 Å². The summed E-state index contributed by atoms with van der Waals surface area (Å²) in [7, 11) is 0. The molecule has 0 aromatic heterocycles. The minimum absolute atomic E-state index is 0.586. The fourth-order valence-electron chi connectivity index (χ4n) is 11.3. The van der Waals surface area contributed by atoms with Crippen molar-refractivity contribution in [3.8, 4) is 0 Å². The van der Waals surface area contributed by atoms with Crippen molar-refractivity contribution in [2.75, 3.05) is 0 Å². The maximum atomic E-state index is 2.46. The Bertz CT molecular complexity index is 725. The molecule has 0 aromatic carbocycles. The first-order valence-corrected chi connectivity index (χ1v) is 22.2. The van der Waals surface area contributed by atoms with Crippen LogP contribution in [-0.2, 0) is 0 Å². The molecule has 6 aliphatic rings. The number of hydrogen-bond donors (Lipinski definition) is 0. The van der Waals surface area contributed by atoms with Gasteiger partial charge in [0.1, 0.15) is 0 Å². The van der Waals surface area contributed by atoms with Gasteiger partial charge in [0, 0.05) is 0 Å². The summed E-state index contributed by atoms with van der Waals surface area (Å²) in [5.41, 5.74) is 1.21. The average molecular weight is 657 g/mol. The second-order valence-electron chi connectivity index (χ2n) is 20.4. The predicted molar refractivity (Wildman–Crippen MR) is 214 cm³/mol. The van der Waals surface area contributed by atoms with Gasteiger partial charge in [0.15, 0.2) is 0 Å². The van der Waals surface area contributed by atoms with E-state index in [1.807, 2.05) is 0 Å². The van der Waals surface area contributed by atoms with Crippen molar-refractivity contribution in [3.05, 3.63) is 0 Å². The molecule has 0 nitrogen and oxygen atoms in total. The van der Waals surface area contributed by atoms with Crippen molar-refractivity contribution in [1.82, 2.24) is 0 Å². The highest BCUT2D eigenvalue weighted by Gasteiger charge is 2.39. The van der Waals surface area contributed by atoms with Gasteiger partial charge < -0.3 is 0 Å². The molecule has 47 heavy (non-hydrogen) atoms. The number of fused-ring (bicyclic) bond motifs is 2. The Labute approximate surface area is 300 Å². The lowest BCUT2D eigenvalue weighted by atomic mass is 9.60. The van der Waals surface area contributed by atoms with Crippen LogP contribution in [0.1, 0.15) is 231 Å². The molecule has 6 aliphatic carbocycles. The molecule has 6 fully saturated rings. The lowest BCUT2D eigenvalue weighted by Gasteiger charge is -2.45. The van der Waals surface area contributed by atoms with E-state index in [0.29, 0.717) is 10.8 Å². The van der Waals surface area contributed by atoms with Crippen molar-refractivity contribution in [3.63, 3.8) is 0 Å². The molecule has 6 saturated carbocycles. The lowest BCUT2D eigenvalue weighted by molar-refractivity contribution is 0.0582. The largest absolute Gasteiger partial charge is 0.0656 e. The molecular formula is C47H92. The maximum Gasteiger partial charge on any atom is -0.0321 e. The summed E-state index contributed by atoms with van der Waals surface area (Å²) in [6, 6.07) is 0. The molecule has 5 unspecified atom stereocenters. The summed E-state index contributed by atoms with van der Waals surface area (Å²) in [6.45, 7) is 28.3. The Kier molecular flexibility index (Phi) is 20.2. The van der Waals surface area contributed by atoms with Gasteiger partial charge in [-0.3, -0.25) is 0 Å². The van der Waals surface area contributed by atoms with Crippen molar-refractivity contribution in [2.45, 2.75) is 231 Å². The van der Waals surface area contributed by atoms with Crippen LogP contribution in [-0.4, -0.2) is 0 Å². The SMILES string of the molecule is CC1CCC(C)CC1.CC1CCC(CC2CCC(C)CC2)CC1.CCC.CCC1(C)CC(C)CC(C)(C)C1.CCC1CC2CCC1C2. The molecule has 0 spiro atoms. The fourth-order valence-corrected chi connectivity index (χ4v) is 11.3. The van der Waals surface area contributed by atoms with Gasteiger partial charge in [-0.1, -0.05) is 186 Å². The van der Waals surface area contributed by atoms with Crippen LogP contribution in [0, 0.1) is 70.0 Å². The standard InChI is InChI=1S/C15H28.C12H24.C9H16.C8H16.C3H8/c1-12-3-7-14(8-4-12)11-15-9-5-13(2)6-10-15;1-6-12(5)8-10(2)7-11(3,4)9-12;1-2-8-5-7-3-4-9(8)6-7;1-7-3-5-8(2)6-4-7;1-3-2/h12-15H,3-11H2,1-2H3;10H,6-9H2,1-5H3;7-9H,2-6H2,1H3;7-8H,3-6H2,1-2H3;3H2,1-2H3. The zero-order chi connectivity index (χ0) is 35.0.